The first-order valence-electron chi connectivity index (χ1n) is 6.78. The number of carbonyl (C=O) groups is 1. The summed E-state index contributed by atoms with van der Waals surface area (Å²) in [6.07, 6.45) is 6.39. The van der Waals surface area contributed by atoms with E-state index in [1.165, 1.54) is 0 Å². The van der Waals surface area contributed by atoms with Crippen LogP contribution in [-0.2, 0) is 4.79 Å². The molecule has 0 aromatic heterocycles. The molecule has 0 saturated heterocycles. The predicted molar refractivity (Wildman–Crippen MR) is 86.2 cm³/mol. The van der Waals surface area contributed by atoms with Gasteiger partial charge in [-0.15, -0.1) is 0 Å². The molecular weight excluding hydrogens is 286 g/mol. The largest absolute Gasteiger partial charge is 0.488 e. The Hall–Kier alpha value is -1.79. The number of thioether (sulfide) groups is 1. The smallest absolute Gasteiger partial charge is 0.298 e. The van der Waals surface area contributed by atoms with Crippen molar-refractivity contribution >= 4 is 30.0 Å². The Morgan fingerprint density at radius 3 is 3.19 bits per heavy atom. The molecule has 0 spiro atoms. The Kier molecular flexibility index (Phi) is 5.83. The minimum absolute atomic E-state index is 0.155. The number of hydrogen-bond donors (Lipinski definition) is 2. The van der Waals surface area contributed by atoms with Crippen LogP contribution in [0.15, 0.2) is 34.9 Å². The molecule has 0 saturated carbocycles. The number of quaternary nitrogens is 1. The van der Waals surface area contributed by atoms with E-state index in [1.807, 2.05) is 36.6 Å². The van der Waals surface area contributed by atoms with Crippen molar-refractivity contribution in [2.45, 2.75) is 12.5 Å². The van der Waals surface area contributed by atoms with Crippen LogP contribution >= 0.6 is 11.8 Å². The van der Waals surface area contributed by atoms with Crippen molar-refractivity contribution in [3.63, 3.8) is 0 Å². The number of amides is 1. The van der Waals surface area contributed by atoms with E-state index in [9.17, 15) is 4.79 Å². The average molecular weight is 306 g/mol. The number of nitrogens with one attached hydrogen (secondary N) is 1. The van der Waals surface area contributed by atoms with Crippen LogP contribution in [0.2, 0.25) is 0 Å². The van der Waals surface area contributed by atoms with Crippen molar-refractivity contribution in [2.75, 3.05) is 18.6 Å². The van der Waals surface area contributed by atoms with Gasteiger partial charge in [0.05, 0.1) is 6.21 Å². The molecule has 1 aliphatic heterocycles. The van der Waals surface area contributed by atoms with E-state index in [0.717, 1.165) is 29.1 Å². The third-order valence-electron chi connectivity index (χ3n) is 3.10. The lowest BCUT2D eigenvalue weighted by Crippen LogP contribution is -2.67. The summed E-state index contributed by atoms with van der Waals surface area (Å²) in [7, 11) is 0. The summed E-state index contributed by atoms with van der Waals surface area (Å²) < 4.78 is 5.61. The number of hydrazone groups is 1. The van der Waals surface area contributed by atoms with Crippen molar-refractivity contribution in [1.29, 1.82) is 0 Å². The Bertz CT molecular complexity index is 558. The monoisotopic (exact) mass is 306 g/mol. The predicted octanol–water partition coefficient (Wildman–Crippen LogP) is 0.928. The van der Waals surface area contributed by atoms with Gasteiger partial charge in [0, 0.05) is 17.6 Å². The van der Waals surface area contributed by atoms with Gasteiger partial charge in [-0.3, -0.25) is 4.79 Å². The highest BCUT2D eigenvalue weighted by Crippen LogP contribution is 2.24. The number of nitrogens with zero attached hydrogens (tertiary/aromatic N) is 1. The second kappa shape index (κ2) is 7.85. The standard InChI is InChI=1S/C15H19N3O2S/c1-21-7-6-13(16)15(19)18-17-9-11-8-12-4-2-3-5-14(12)20-10-11/h2-5,8-9,13H,6-7,10,16H2,1H3,(H,18,19)/p+1. The number of benzene rings is 1. The fraction of sp³-hybridized carbons (Fsp3) is 0.333. The quantitative estimate of drug-likeness (QED) is 0.606. The zero-order valence-corrected chi connectivity index (χ0v) is 12.9. The van der Waals surface area contributed by atoms with Crippen LogP contribution in [0.25, 0.3) is 6.08 Å². The molecule has 1 amide bonds. The third-order valence-corrected chi connectivity index (χ3v) is 3.74. The van der Waals surface area contributed by atoms with Crippen LogP contribution in [0.3, 0.4) is 0 Å². The first-order valence-corrected chi connectivity index (χ1v) is 8.17. The van der Waals surface area contributed by atoms with Crippen LogP contribution in [0.1, 0.15) is 12.0 Å². The summed E-state index contributed by atoms with van der Waals surface area (Å²) in [6, 6.07) is 7.54. The number of carbonyl (C=O) groups excluding carboxylic acids is 1. The van der Waals surface area contributed by atoms with Crippen molar-refractivity contribution in [3.05, 3.63) is 35.4 Å². The maximum Gasteiger partial charge on any atom is 0.298 e. The van der Waals surface area contributed by atoms with Gasteiger partial charge < -0.3 is 10.5 Å². The van der Waals surface area contributed by atoms with Crippen LogP contribution in [0, 0.1) is 0 Å². The maximum atomic E-state index is 11.7. The second-order valence-corrected chi connectivity index (χ2v) is 5.74. The van der Waals surface area contributed by atoms with Crippen molar-refractivity contribution < 1.29 is 15.3 Å². The summed E-state index contributed by atoms with van der Waals surface area (Å²) in [4.78, 5) is 11.7. The maximum absolute atomic E-state index is 11.7. The Morgan fingerprint density at radius 1 is 1.57 bits per heavy atom. The van der Waals surface area contributed by atoms with E-state index in [2.05, 4.69) is 16.3 Å². The van der Waals surface area contributed by atoms with E-state index in [0.29, 0.717) is 6.61 Å². The van der Waals surface area contributed by atoms with E-state index in [4.69, 9.17) is 4.74 Å². The van der Waals surface area contributed by atoms with Crippen molar-refractivity contribution in [2.24, 2.45) is 5.10 Å². The SMILES string of the molecule is CSCCC([NH3+])C(=O)NN=CC1=Cc2ccccc2OC1. The highest BCUT2D eigenvalue weighted by atomic mass is 32.2. The van der Waals surface area contributed by atoms with Gasteiger partial charge in [0.15, 0.2) is 6.04 Å². The lowest BCUT2D eigenvalue weighted by atomic mass is 10.1. The Balaban J connectivity index is 1.88. The molecule has 1 unspecified atom stereocenters. The minimum atomic E-state index is -0.271. The third kappa shape index (κ3) is 4.61. The fourth-order valence-corrected chi connectivity index (χ4v) is 2.39. The van der Waals surface area contributed by atoms with Gasteiger partial charge in [-0.1, -0.05) is 18.2 Å². The lowest BCUT2D eigenvalue weighted by Gasteiger charge is -2.15. The van der Waals surface area contributed by atoms with Gasteiger partial charge in [-0.2, -0.15) is 16.9 Å². The van der Waals surface area contributed by atoms with Crippen LogP contribution in [-0.4, -0.2) is 36.8 Å². The molecule has 0 fully saturated rings. The number of rotatable bonds is 6. The summed E-state index contributed by atoms with van der Waals surface area (Å²) in [5, 5.41) is 3.98. The molecular formula is C15H20N3O2S+. The number of hydrogen-bond acceptors (Lipinski definition) is 4. The van der Waals surface area contributed by atoms with E-state index >= 15 is 0 Å². The molecule has 112 valence electrons. The zero-order valence-electron chi connectivity index (χ0n) is 12.0. The van der Waals surface area contributed by atoms with Gasteiger partial charge in [0.2, 0.25) is 0 Å². The molecule has 1 heterocycles. The molecule has 1 aliphatic rings. The average Bonchev–Trinajstić information content (AvgIpc) is 2.52. The van der Waals surface area contributed by atoms with E-state index in [1.54, 1.807) is 18.0 Å². The van der Waals surface area contributed by atoms with Crippen molar-refractivity contribution in [3.8, 4) is 5.75 Å². The van der Waals surface area contributed by atoms with Gasteiger partial charge in [0.1, 0.15) is 12.4 Å². The summed E-state index contributed by atoms with van der Waals surface area (Å²) >= 11 is 1.70. The van der Waals surface area contributed by atoms with Crippen LogP contribution < -0.4 is 15.9 Å². The Labute approximate surface area is 128 Å². The highest BCUT2D eigenvalue weighted by molar-refractivity contribution is 7.98. The van der Waals surface area contributed by atoms with E-state index < -0.39 is 0 Å². The zero-order chi connectivity index (χ0) is 15.1. The molecule has 0 radical (unpaired) electrons. The molecule has 2 rings (SSSR count). The van der Waals surface area contributed by atoms with Gasteiger partial charge in [0.25, 0.3) is 5.91 Å². The fourth-order valence-electron chi connectivity index (χ4n) is 1.87. The first kappa shape index (κ1) is 15.6. The molecule has 1 atom stereocenters. The molecule has 0 bridgehead atoms. The topological polar surface area (TPSA) is 78.3 Å². The normalized spacial score (nSPS) is 15.0. The number of para-hydroxylation sites is 1. The van der Waals surface area contributed by atoms with Crippen molar-refractivity contribution in [1.82, 2.24) is 5.43 Å². The lowest BCUT2D eigenvalue weighted by molar-refractivity contribution is -0.403. The van der Waals surface area contributed by atoms with Gasteiger partial charge in [-0.05, 0) is 24.2 Å². The van der Waals surface area contributed by atoms with Crippen LogP contribution in [0.4, 0.5) is 0 Å². The summed E-state index contributed by atoms with van der Waals surface area (Å²) in [6.45, 7) is 0.455. The first-order chi connectivity index (χ1) is 10.2. The molecule has 6 heteroatoms. The molecule has 5 nitrogen and oxygen atoms in total. The summed E-state index contributed by atoms with van der Waals surface area (Å²) in [5.74, 6) is 1.63. The van der Waals surface area contributed by atoms with Gasteiger partial charge in [-0.25, -0.2) is 5.43 Å². The van der Waals surface area contributed by atoms with E-state index in [-0.39, 0.29) is 11.9 Å². The summed E-state index contributed by atoms with van der Waals surface area (Å²) in [5.41, 5.74) is 8.29. The highest BCUT2D eigenvalue weighted by Gasteiger charge is 2.15. The van der Waals surface area contributed by atoms with Crippen LogP contribution in [0.5, 0.6) is 5.75 Å². The second-order valence-electron chi connectivity index (χ2n) is 4.76. The minimum Gasteiger partial charge on any atom is -0.488 e. The molecule has 1 aromatic rings. The number of fused-ring (bicyclic) bond motifs is 1. The van der Waals surface area contributed by atoms with Gasteiger partial charge >= 0.3 is 0 Å². The molecule has 4 N–H and O–H groups in total. The Morgan fingerprint density at radius 2 is 2.38 bits per heavy atom. The molecule has 1 aromatic carbocycles. The number of ether oxygens (including phenoxy) is 1. The molecule has 21 heavy (non-hydrogen) atoms. The molecule has 0 aliphatic carbocycles.